The van der Waals surface area contributed by atoms with Crippen molar-refractivity contribution in [2.24, 2.45) is 0 Å². The number of fused-ring (bicyclic) bond motifs is 1. The lowest BCUT2D eigenvalue weighted by molar-refractivity contribution is -0.122. The van der Waals surface area contributed by atoms with Crippen LogP contribution in [0.1, 0.15) is 24.8 Å². The maximum absolute atomic E-state index is 12.1. The van der Waals surface area contributed by atoms with Gasteiger partial charge in [0.15, 0.2) is 0 Å². The number of nitrogens with zero attached hydrogens (tertiary/aromatic N) is 2. The van der Waals surface area contributed by atoms with Gasteiger partial charge < -0.3 is 10.1 Å². The molecule has 0 saturated carbocycles. The van der Waals surface area contributed by atoms with Crippen LogP contribution in [0.2, 0.25) is 0 Å². The first kappa shape index (κ1) is 17.8. The highest BCUT2D eigenvalue weighted by Crippen LogP contribution is 2.26. The number of rotatable bonds is 8. The number of thiazole rings is 1. The van der Waals surface area contributed by atoms with E-state index < -0.39 is 0 Å². The molecule has 0 spiro atoms. The van der Waals surface area contributed by atoms with E-state index in [0.29, 0.717) is 19.7 Å². The van der Waals surface area contributed by atoms with Gasteiger partial charge in [-0.05, 0) is 26.1 Å². The summed E-state index contributed by atoms with van der Waals surface area (Å²) in [5.41, 5.74) is 1.03. The molecular formula is C17H25N3O2S. The Morgan fingerprint density at radius 1 is 1.39 bits per heavy atom. The van der Waals surface area contributed by atoms with Crippen molar-refractivity contribution < 1.29 is 9.53 Å². The van der Waals surface area contributed by atoms with Gasteiger partial charge in [-0.3, -0.25) is 9.69 Å². The molecule has 1 aromatic heterocycles. The Morgan fingerprint density at radius 3 is 2.83 bits per heavy atom. The molecule has 23 heavy (non-hydrogen) atoms. The SMILES string of the molecule is COCC(C)N(C)CC(=O)NCC(C)c1nc2ccccc2s1. The number of hydrogen-bond acceptors (Lipinski definition) is 5. The first-order valence-corrected chi connectivity index (χ1v) is 8.64. The van der Waals surface area contributed by atoms with Gasteiger partial charge >= 0.3 is 0 Å². The van der Waals surface area contributed by atoms with Crippen molar-refractivity contribution in [3.05, 3.63) is 29.3 Å². The van der Waals surface area contributed by atoms with Gasteiger partial charge in [-0.1, -0.05) is 19.1 Å². The molecule has 6 heteroatoms. The van der Waals surface area contributed by atoms with E-state index in [9.17, 15) is 4.79 Å². The molecule has 0 saturated heterocycles. The maximum atomic E-state index is 12.1. The van der Waals surface area contributed by atoms with E-state index in [1.54, 1.807) is 18.4 Å². The van der Waals surface area contributed by atoms with Crippen LogP contribution in [0.4, 0.5) is 0 Å². The number of carbonyl (C=O) groups excluding carboxylic acids is 1. The number of ether oxygens (including phenoxy) is 1. The molecule has 2 aromatic rings. The number of hydrogen-bond donors (Lipinski definition) is 1. The number of methoxy groups -OCH3 is 1. The molecule has 1 heterocycles. The predicted octanol–water partition coefficient (Wildman–Crippen LogP) is 2.48. The third kappa shape index (κ3) is 4.99. The highest BCUT2D eigenvalue weighted by Gasteiger charge is 2.15. The van der Waals surface area contributed by atoms with Gasteiger partial charge in [-0.25, -0.2) is 4.98 Å². The molecule has 2 atom stereocenters. The lowest BCUT2D eigenvalue weighted by Gasteiger charge is -2.23. The largest absolute Gasteiger partial charge is 0.383 e. The average Bonchev–Trinajstić information content (AvgIpc) is 2.96. The zero-order valence-electron chi connectivity index (χ0n) is 14.2. The zero-order chi connectivity index (χ0) is 16.8. The van der Waals surface area contributed by atoms with Gasteiger partial charge in [0.25, 0.3) is 0 Å². The monoisotopic (exact) mass is 335 g/mol. The summed E-state index contributed by atoms with van der Waals surface area (Å²) in [6.45, 7) is 5.73. The van der Waals surface area contributed by atoms with Crippen LogP contribution < -0.4 is 5.32 Å². The molecule has 0 fully saturated rings. The van der Waals surface area contributed by atoms with Crippen molar-refractivity contribution >= 4 is 27.5 Å². The fraction of sp³-hybridized carbons (Fsp3) is 0.529. The quantitative estimate of drug-likeness (QED) is 0.805. The molecule has 126 valence electrons. The first-order chi connectivity index (χ1) is 11.0. The van der Waals surface area contributed by atoms with Crippen LogP contribution in [-0.2, 0) is 9.53 Å². The number of nitrogens with one attached hydrogen (secondary N) is 1. The summed E-state index contributed by atoms with van der Waals surface area (Å²) in [7, 11) is 3.60. The predicted molar refractivity (Wildman–Crippen MR) is 95.0 cm³/mol. The Bertz CT molecular complexity index is 611. The van der Waals surface area contributed by atoms with E-state index in [0.717, 1.165) is 10.5 Å². The van der Waals surface area contributed by atoms with Crippen LogP contribution in [-0.4, -0.2) is 55.7 Å². The van der Waals surface area contributed by atoms with Crippen molar-refractivity contribution in [1.29, 1.82) is 0 Å². The molecule has 0 bridgehead atoms. The van der Waals surface area contributed by atoms with Crippen LogP contribution in [0.3, 0.4) is 0 Å². The molecule has 0 radical (unpaired) electrons. The fourth-order valence-corrected chi connectivity index (χ4v) is 3.28. The lowest BCUT2D eigenvalue weighted by Crippen LogP contribution is -2.41. The van der Waals surface area contributed by atoms with E-state index in [-0.39, 0.29) is 17.9 Å². The molecule has 0 aliphatic heterocycles. The molecule has 5 nitrogen and oxygen atoms in total. The van der Waals surface area contributed by atoms with Crippen LogP contribution in [0.5, 0.6) is 0 Å². The number of benzene rings is 1. The number of carbonyl (C=O) groups is 1. The Hall–Kier alpha value is -1.50. The topological polar surface area (TPSA) is 54.5 Å². The lowest BCUT2D eigenvalue weighted by atomic mass is 10.2. The summed E-state index contributed by atoms with van der Waals surface area (Å²) >= 11 is 1.69. The number of amides is 1. The van der Waals surface area contributed by atoms with Crippen molar-refractivity contribution in [3.63, 3.8) is 0 Å². The van der Waals surface area contributed by atoms with Gasteiger partial charge in [0.1, 0.15) is 0 Å². The second-order valence-corrected chi connectivity index (χ2v) is 7.01. The van der Waals surface area contributed by atoms with Gasteiger partial charge in [0, 0.05) is 25.6 Å². The Kier molecular flexibility index (Phi) is 6.50. The van der Waals surface area contributed by atoms with Crippen molar-refractivity contribution in [1.82, 2.24) is 15.2 Å². The molecule has 1 N–H and O–H groups in total. The molecular weight excluding hydrogens is 310 g/mol. The average molecular weight is 335 g/mol. The first-order valence-electron chi connectivity index (χ1n) is 7.82. The third-order valence-electron chi connectivity index (χ3n) is 3.89. The van der Waals surface area contributed by atoms with Crippen LogP contribution in [0.15, 0.2) is 24.3 Å². The second kappa shape index (κ2) is 8.38. The highest BCUT2D eigenvalue weighted by molar-refractivity contribution is 7.18. The zero-order valence-corrected chi connectivity index (χ0v) is 15.0. The van der Waals surface area contributed by atoms with Crippen LogP contribution in [0, 0.1) is 0 Å². The van der Waals surface area contributed by atoms with E-state index in [2.05, 4.69) is 23.3 Å². The number of para-hydroxylation sites is 1. The molecule has 0 aliphatic carbocycles. The van der Waals surface area contributed by atoms with Gasteiger partial charge in [-0.2, -0.15) is 0 Å². The minimum atomic E-state index is 0.0309. The minimum absolute atomic E-state index is 0.0309. The third-order valence-corrected chi connectivity index (χ3v) is 5.16. The van der Waals surface area contributed by atoms with E-state index >= 15 is 0 Å². The van der Waals surface area contributed by atoms with E-state index in [1.165, 1.54) is 4.70 Å². The summed E-state index contributed by atoms with van der Waals surface area (Å²) in [4.78, 5) is 18.7. The fourth-order valence-electron chi connectivity index (χ4n) is 2.26. The second-order valence-electron chi connectivity index (χ2n) is 5.94. The van der Waals surface area contributed by atoms with E-state index in [1.807, 2.05) is 37.1 Å². The standard InChI is InChI=1S/C17H25N3O2S/c1-12(17-19-14-7-5-6-8-15(14)23-17)9-18-16(21)10-20(3)13(2)11-22-4/h5-8,12-13H,9-11H2,1-4H3,(H,18,21). The number of aromatic nitrogens is 1. The van der Waals surface area contributed by atoms with Crippen molar-refractivity contribution in [3.8, 4) is 0 Å². The van der Waals surface area contributed by atoms with Gasteiger partial charge in [-0.15, -0.1) is 11.3 Å². The summed E-state index contributed by atoms with van der Waals surface area (Å²) < 4.78 is 6.30. The van der Waals surface area contributed by atoms with Crippen LogP contribution in [0.25, 0.3) is 10.2 Å². The maximum Gasteiger partial charge on any atom is 0.234 e. The summed E-state index contributed by atoms with van der Waals surface area (Å²) in [5.74, 6) is 0.237. The summed E-state index contributed by atoms with van der Waals surface area (Å²) in [6.07, 6.45) is 0. The smallest absolute Gasteiger partial charge is 0.234 e. The van der Waals surface area contributed by atoms with Gasteiger partial charge in [0.2, 0.25) is 5.91 Å². The van der Waals surface area contributed by atoms with Crippen molar-refractivity contribution in [2.45, 2.75) is 25.8 Å². The Balaban J connectivity index is 1.83. The molecule has 1 amide bonds. The van der Waals surface area contributed by atoms with Gasteiger partial charge in [0.05, 0.1) is 28.4 Å². The number of likely N-dealkylation sites (N-methyl/N-ethyl adjacent to an activating group) is 1. The minimum Gasteiger partial charge on any atom is -0.383 e. The molecule has 2 rings (SSSR count). The molecule has 1 aromatic carbocycles. The highest BCUT2D eigenvalue weighted by atomic mass is 32.1. The van der Waals surface area contributed by atoms with E-state index in [4.69, 9.17) is 4.74 Å². The Morgan fingerprint density at radius 2 is 2.13 bits per heavy atom. The molecule has 0 aliphatic rings. The van der Waals surface area contributed by atoms with Crippen LogP contribution >= 0.6 is 11.3 Å². The Labute approximate surface area is 141 Å². The van der Waals surface area contributed by atoms with Crippen molar-refractivity contribution in [2.75, 3.05) is 33.9 Å². The summed E-state index contributed by atoms with van der Waals surface area (Å²) in [6, 6.07) is 8.33. The molecule has 2 unspecified atom stereocenters. The normalized spacial score (nSPS) is 14.1. The summed E-state index contributed by atoms with van der Waals surface area (Å²) in [5, 5.41) is 4.06.